The summed E-state index contributed by atoms with van der Waals surface area (Å²) in [5.41, 5.74) is 4.13. The highest BCUT2D eigenvalue weighted by Crippen LogP contribution is 2.60. The minimum absolute atomic E-state index is 0.385. The number of rotatable bonds is 7. The second-order valence-electron chi connectivity index (χ2n) is 12.7. The van der Waals surface area contributed by atoms with Crippen molar-refractivity contribution in [2.24, 2.45) is 29.1 Å². The quantitative estimate of drug-likeness (QED) is 0.415. The van der Waals surface area contributed by atoms with Crippen LogP contribution in [-0.2, 0) is 0 Å². The lowest BCUT2D eigenvalue weighted by atomic mass is 9.60. The normalized spacial score (nSPS) is 35.9. The van der Waals surface area contributed by atoms with E-state index in [0.29, 0.717) is 29.6 Å². The first-order valence-corrected chi connectivity index (χ1v) is 13.4. The van der Waals surface area contributed by atoms with Gasteiger partial charge in [-0.1, -0.05) is 57.8 Å². The standard InChI is InChI=1S/C29H50O3/c1-19(2)25(22-15-23(30)18-24(31)16-22)17-21-10-8-14-29(6)26(11-12-27(21)29)20(3)9-7-13-28(4,5)32/h17,19-20,23-24,26-27,30-32H,7-16,18H2,1-6H3/b21-17+/t20-,23-,24-,26-,27+,29-/m1/s1. The fraction of sp³-hybridized carbons (Fsp3) is 0.862. The second-order valence-corrected chi connectivity index (χ2v) is 12.7. The third-order valence-electron chi connectivity index (χ3n) is 9.05. The van der Waals surface area contributed by atoms with Crippen LogP contribution < -0.4 is 0 Å². The van der Waals surface area contributed by atoms with Crippen molar-refractivity contribution in [3.8, 4) is 0 Å². The van der Waals surface area contributed by atoms with Crippen LogP contribution in [-0.4, -0.2) is 33.1 Å². The van der Waals surface area contributed by atoms with Gasteiger partial charge in [0.05, 0.1) is 17.8 Å². The zero-order chi connectivity index (χ0) is 23.7. The Morgan fingerprint density at radius 1 is 1.12 bits per heavy atom. The van der Waals surface area contributed by atoms with Crippen LogP contribution in [0.4, 0.5) is 0 Å². The minimum Gasteiger partial charge on any atom is -0.393 e. The number of aliphatic hydroxyl groups is 3. The molecule has 0 unspecified atom stereocenters. The summed E-state index contributed by atoms with van der Waals surface area (Å²) < 4.78 is 0. The van der Waals surface area contributed by atoms with E-state index in [2.05, 4.69) is 33.8 Å². The van der Waals surface area contributed by atoms with Crippen molar-refractivity contribution in [2.75, 3.05) is 0 Å². The molecule has 32 heavy (non-hydrogen) atoms. The predicted octanol–water partition coefficient (Wildman–Crippen LogP) is 6.56. The minimum atomic E-state index is -0.552. The SMILES string of the molecule is CC(C)C(/C=C1\CCC[C@]2(C)[C@@H]([C@H](C)CCCC(C)(C)O)CC[C@@H]12)=C1C[C@@H](O)C[C@H](O)C1. The Kier molecular flexibility index (Phi) is 8.38. The fourth-order valence-electron chi connectivity index (χ4n) is 7.49. The first kappa shape index (κ1) is 26.0. The van der Waals surface area contributed by atoms with E-state index >= 15 is 0 Å². The Labute approximate surface area is 197 Å². The van der Waals surface area contributed by atoms with Gasteiger partial charge in [-0.3, -0.25) is 0 Å². The lowest BCUT2D eigenvalue weighted by Crippen LogP contribution is -2.36. The zero-order valence-corrected chi connectivity index (χ0v) is 21.7. The Bertz CT molecular complexity index is 686. The summed E-state index contributed by atoms with van der Waals surface area (Å²) in [6.45, 7) is 13.4. The summed E-state index contributed by atoms with van der Waals surface area (Å²) in [5.74, 6) is 2.57. The molecule has 0 aromatic heterocycles. The van der Waals surface area contributed by atoms with Gasteiger partial charge in [0.25, 0.3) is 0 Å². The van der Waals surface area contributed by atoms with Crippen LogP contribution in [0.15, 0.2) is 22.8 Å². The van der Waals surface area contributed by atoms with Crippen LogP contribution in [0, 0.1) is 29.1 Å². The first-order chi connectivity index (χ1) is 14.9. The van der Waals surface area contributed by atoms with Gasteiger partial charge in [-0.25, -0.2) is 0 Å². The Morgan fingerprint density at radius 2 is 1.78 bits per heavy atom. The maximum Gasteiger partial charge on any atom is 0.0602 e. The van der Waals surface area contributed by atoms with Gasteiger partial charge in [0.1, 0.15) is 0 Å². The molecule has 6 atom stereocenters. The van der Waals surface area contributed by atoms with Crippen LogP contribution in [0.3, 0.4) is 0 Å². The Balaban J connectivity index is 1.79. The summed E-state index contributed by atoms with van der Waals surface area (Å²) in [6.07, 6.45) is 13.3. The van der Waals surface area contributed by atoms with Crippen molar-refractivity contribution < 1.29 is 15.3 Å². The van der Waals surface area contributed by atoms with Gasteiger partial charge in [-0.15, -0.1) is 0 Å². The molecule has 0 radical (unpaired) electrons. The monoisotopic (exact) mass is 446 g/mol. The molecule has 3 nitrogen and oxygen atoms in total. The van der Waals surface area contributed by atoms with Gasteiger partial charge in [0.2, 0.25) is 0 Å². The molecule has 0 saturated heterocycles. The van der Waals surface area contributed by atoms with Crippen LogP contribution >= 0.6 is 0 Å². The lowest BCUT2D eigenvalue weighted by Gasteiger charge is -2.45. The number of hydrogen-bond acceptors (Lipinski definition) is 3. The maximum absolute atomic E-state index is 10.3. The van der Waals surface area contributed by atoms with E-state index in [1.165, 1.54) is 49.7 Å². The molecule has 0 heterocycles. The van der Waals surface area contributed by atoms with Gasteiger partial charge in [0.15, 0.2) is 0 Å². The van der Waals surface area contributed by atoms with Crippen LogP contribution in [0.2, 0.25) is 0 Å². The molecule has 184 valence electrons. The predicted molar refractivity (Wildman–Crippen MR) is 133 cm³/mol. The van der Waals surface area contributed by atoms with Crippen molar-refractivity contribution in [1.82, 2.24) is 0 Å². The van der Waals surface area contributed by atoms with E-state index in [9.17, 15) is 15.3 Å². The van der Waals surface area contributed by atoms with E-state index in [1.54, 1.807) is 5.57 Å². The van der Waals surface area contributed by atoms with Gasteiger partial charge < -0.3 is 15.3 Å². The second kappa shape index (κ2) is 10.3. The molecule has 0 aromatic rings. The van der Waals surface area contributed by atoms with E-state index in [-0.39, 0.29) is 0 Å². The summed E-state index contributed by atoms with van der Waals surface area (Å²) >= 11 is 0. The molecule has 3 N–H and O–H groups in total. The number of allylic oxidation sites excluding steroid dienone is 3. The highest BCUT2D eigenvalue weighted by molar-refractivity contribution is 5.35. The maximum atomic E-state index is 10.3. The van der Waals surface area contributed by atoms with Crippen LogP contribution in [0.1, 0.15) is 112 Å². The largest absolute Gasteiger partial charge is 0.393 e. The molecule has 3 aliphatic rings. The Morgan fingerprint density at radius 3 is 2.38 bits per heavy atom. The molecular weight excluding hydrogens is 396 g/mol. The number of hydrogen-bond donors (Lipinski definition) is 3. The van der Waals surface area contributed by atoms with Gasteiger partial charge in [-0.2, -0.15) is 0 Å². The van der Waals surface area contributed by atoms with E-state index in [0.717, 1.165) is 31.6 Å². The zero-order valence-electron chi connectivity index (χ0n) is 21.7. The summed E-state index contributed by atoms with van der Waals surface area (Å²) in [6, 6.07) is 0. The van der Waals surface area contributed by atoms with Crippen molar-refractivity contribution in [3.63, 3.8) is 0 Å². The third-order valence-corrected chi connectivity index (χ3v) is 9.05. The smallest absolute Gasteiger partial charge is 0.0602 e. The summed E-state index contributed by atoms with van der Waals surface area (Å²) in [4.78, 5) is 0. The molecule has 0 amide bonds. The molecule has 0 spiro atoms. The van der Waals surface area contributed by atoms with Crippen LogP contribution in [0.5, 0.6) is 0 Å². The third kappa shape index (κ3) is 6.07. The van der Waals surface area contributed by atoms with Crippen LogP contribution in [0.25, 0.3) is 0 Å². The molecule has 0 aromatic carbocycles. The van der Waals surface area contributed by atoms with E-state index in [4.69, 9.17) is 0 Å². The highest BCUT2D eigenvalue weighted by Gasteiger charge is 2.50. The summed E-state index contributed by atoms with van der Waals surface area (Å²) in [7, 11) is 0. The van der Waals surface area contributed by atoms with Gasteiger partial charge >= 0.3 is 0 Å². The van der Waals surface area contributed by atoms with Gasteiger partial charge in [-0.05, 0) is 106 Å². The van der Waals surface area contributed by atoms with Crippen molar-refractivity contribution in [3.05, 3.63) is 22.8 Å². The topological polar surface area (TPSA) is 60.7 Å². The van der Waals surface area contributed by atoms with E-state index < -0.39 is 17.8 Å². The first-order valence-electron chi connectivity index (χ1n) is 13.4. The average molecular weight is 447 g/mol. The van der Waals surface area contributed by atoms with Crippen molar-refractivity contribution >= 4 is 0 Å². The Hall–Kier alpha value is -0.640. The highest BCUT2D eigenvalue weighted by atomic mass is 16.3. The molecule has 3 heteroatoms. The number of fused-ring (bicyclic) bond motifs is 1. The fourth-order valence-corrected chi connectivity index (χ4v) is 7.49. The van der Waals surface area contributed by atoms with Crippen molar-refractivity contribution in [1.29, 1.82) is 0 Å². The molecule has 3 fully saturated rings. The summed E-state index contributed by atoms with van der Waals surface area (Å²) in [5, 5.41) is 30.6. The molecule has 3 saturated carbocycles. The molecule has 3 rings (SSSR count). The molecule has 3 aliphatic carbocycles. The van der Waals surface area contributed by atoms with E-state index in [1.807, 2.05) is 13.8 Å². The molecule has 0 aliphatic heterocycles. The van der Waals surface area contributed by atoms with Crippen molar-refractivity contribution in [2.45, 2.75) is 130 Å². The van der Waals surface area contributed by atoms with Gasteiger partial charge in [0, 0.05) is 0 Å². The molecular formula is C29H50O3. The molecule has 0 bridgehead atoms. The number of aliphatic hydroxyl groups excluding tert-OH is 2. The lowest BCUT2D eigenvalue weighted by molar-refractivity contribution is 0.0588. The average Bonchev–Trinajstić information content (AvgIpc) is 3.01.